The Kier molecular flexibility index (Phi) is 7.40. The number of halogens is 2. The Bertz CT molecular complexity index is 1380. The van der Waals surface area contributed by atoms with E-state index in [4.69, 9.17) is 10.00 Å². The smallest absolute Gasteiger partial charge is 0.274 e. The Morgan fingerprint density at radius 3 is 2.63 bits per heavy atom. The average Bonchev–Trinajstić information content (AvgIpc) is 3.60. The first-order chi connectivity index (χ1) is 18.4. The summed E-state index contributed by atoms with van der Waals surface area (Å²) in [7, 11) is 3.54. The predicted molar refractivity (Wildman–Crippen MR) is 139 cm³/mol. The molecule has 1 aromatic heterocycles. The van der Waals surface area contributed by atoms with Gasteiger partial charge in [0.15, 0.2) is 11.5 Å². The average molecular weight is 521 g/mol. The molecule has 1 amide bonds. The number of rotatable bonds is 6. The number of nitrogens with one attached hydrogen (secondary N) is 1. The third kappa shape index (κ3) is 4.99. The number of likely N-dealkylation sites (tertiary alicyclic amines) is 1. The zero-order chi connectivity index (χ0) is 26.8. The third-order valence-electron chi connectivity index (χ3n) is 7.43. The van der Waals surface area contributed by atoms with Crippen molar-refractivity contribution in [2.24, 2.45) is 0 Å². The molecule has 198 valence electrons. The number of ether oxygens (including phenoxy) is 1. The number of nitrogens with zero attached hydrogens (tertiary/aromatic N) is 5. The van der Waals surface area contributed by atoms with E-state index in [1.165, 1.54) is 22.9 Å². The monoisotopic (exact) mass is 520 g/mol. The van der Waals surface area contributed by atoms with E-state index >= 15 is 4.39 Å². The lowest BCUT2D eigenvalue weighted by Crippen LogP contribution is -2.47. The largest absolute Gasteiger partial charge is 0.380 e. The summed E-state index contributed by atoms with van der Waals surface area (Å²) in [6.07, 6.45) is 2.81. The lowest BCUT2D eigenvalue weighted by atomic mass is 10.1. The summed E-state index contributed by atoms with van der Waals surface area (Å²) in [6, 6.07) is 12.6. The number of likely N-dealkylation sites (N-methyl/N-ethyl adjacent to an activating group) is 1. The van der Waals surface area contributed by atoms with Gasteiger partial charge in [-0.2, -0.15) is 10.4 Å². The summed E-state index contributed by atoms with van der Waals surface area (Å²) < 4.78 is 36.9. The van der Waals surface area contributed by atoms with Crippen LogP contribution in [-0.4, -0.2) is 73.1 Å². The lowest BCUT2D eigenvalue weighted by molar-refractivity contribution is 0.0691. The highest BCUT2D eigenvalue weighted by Gasteiger charge is 2.28. The van der Waals surface area contributed by atoms with E-state index in [1.54, 1.807) is 30.2 Å². The number of methoxy groups -OCH3 is 1. The topological polar surface area (TPSA) is 86.4 Å². The van der Waals surface area contributed by atoms with Gasteiger partial charge < -0.3 is 19.9 Å². The number of anilines is 1. The number of nitriles is 1. The highest BCUT2D eigenvalue weighted by molar-refractivity contribution is 5.94. The van der Waals surface area contributed by atoms with Crippen LogP contribution in [0.1, 0.15) is 35.3 Å². The van der Waals surface area contributed by atoms with Crippen molar-refractivity contribution in [3.8, 4) is 23.0 Å². The van der Waals surface area contributed by atoms with Crippen molar-refractivity contribution in [1.82, 2.24) is 20.0 Å². The summed E-state index contributed by atoms with van der Waals surface area (Å²) >= 11 is 0. The summed E-state index contributed by atoms with van der Waals surface area (Å²) in [5.74, 6) is -1.48. The standard InChI is InChI=1S/C28H30F2N6O2/c1-32-20-4-3-10-35(16-20)28(37)25-14-27(18-5-6-19(15-31)23(29)12-18)36(33-25)26-8-7-21(13-24(26)30)34-11-9-22(17-34)38-2/h5-8,12-14,20,22,32H,3-4,9-11,16-17H2,1-2H3. The molecule has 5 rings (SSSR count). The molecule has 8 nitrogen and oxygen atoms in total. The Balaban J connectivity index is 1.54. The Morgan fingerprint density at radius 1 is 1.11 bits per heavy atom. The van der Waals surface area contributed by atoms with E-state index in [2.05, 4.69) is 15.3 Å². The van der Waals surface area contributed by atoms with Gasteiger partial charge in [0.25, 0.3) is 5.91 Å². The normalized spacial score (nSPS) is 19.6. The molecule has 2 aliphatic heterocycles. The summed E-state index contributed by atoms with van der Waals surface area (Å²) in [4.78, 5) is 17.2. The maximum Gasteiger partial charge on any atom is 0.274 e. The van der Waals surface area contributed by atoms with Crippen molar-refractivity contribution in [3.63, 3.8) is 0 Å². The number of hydrogen-bond acceptors (Lipinski definition) is 6. The number of aromatic nitrogens is 2. The molecule has 2 aliphatic rings. The van der Waals surface area contributed by atoms with Crippen molar-refractivity contribution in [2.75, 3.05) is 45.2 Å². The van der Waals surface area contributed by atoms with Crippen LogP contribution in [0.2, 0.25) is 0 Å². The molecular formula is C28H30F2N6O2. The van der Waals surface area contributed by atoms with E-state index in [0.29, 0.717) is 30.9 Å². The minimum absolute atomic E-state index is 0.0990. The molecule has 3 heterocycles. The second-order valence-corrected chi connectivity index (χ2v) is 9.74. The van der Waals surface area contributed by atoms with Crippen molar-refractivity contribution in [3.05, 3.63) is 65.4 Å². The molecule has 2 unspecified atom stereocenters. The first kappa shape index (κ1) is 25.8. The Labute approximate surface area is 220 Å². The molecular weight excluding hydrogens is 490 g/mol. The molecule has 38 heavy (non-hydrogen) atoms. The van der Waals surface area contributed by atoms with Crippen LogP contribution in [0.4, 0.5) is 14.5 Å². The van der Waals surface area contributed by atoms with Gasteiger partial charge in [-0.25, -0.2) is 13.5 Å². The molecule has 2 fully saturated rings. The summed E-state index contributed by atoms with van der Waals surface area (Å²) in [6.45, 7) is 2.59. The number of carbonyl (C=O) groups excluding carboxylic acids is 1. The Hall–Kier alpha value is -3.81. The van der Waals surface area contributed by atoms with Crippen molar-refractivity contribution in [1.29, 1.82) is 5.26 Å². The molecule has 0 aliphatic carbocycles. The molecule has 1 N–H and O–H groups in total. The quantitative estimate of drug-likeness (QED) is 0.533. The molecule has 2 saturated heterocycles. The van der Waals surface area contributed by atoms with Crippen LogP contribution in [0.5, 0.6) is 0 Å². The second kappa shape index (κ2) is 10.9. The summed E-state index contributed by atoms with van der Waals surface area (Å²) in [5, 5.41) is 16.9. The molecule has 0 saturated carbocycles. The fraction of sp³-hybridized carbons (Fsp3) is 0.393. The van der Waals surface area contributed by atoms with E-state index in [-0.39, 0.29) is 35.0 Å². The fourth-order valence-electron chi connectivity index (χ4n) is 5.22. The van der Waals surface area contributed by atoms with Gasteiger partial charge in [-0.3, -0.25) is 4.79 Å². The third-order valence-corrected chi connectivity index (χ3v) is 7.43. The summed E-state index contributed by atoms with van der Waals surface area (Å²) in [5.41, 5.74) is 1.65. The van der Waals surface area contributed by atoms with E-state index in [1.807, 2.05) is 19.2 Å². The van der Waals surface area contributed by atoms with Crippen molar-refractivity contribution in [2.45, 2.75) is 31.4 Å². The molecule has 10 heteroatoms. The SMILES string of the molecule is CNC1CCCN(C(=O)c2cc(-c3ccc(C#N)c(F)c3)n(-c3ccc(N4CCC(OC)C4)cc3F)n2)C1. The number of carbonyl (C=O) groups is 1. The van der Waals surface area contributed by atoms with Gasteiger partial charge in [0, 0.05) is 50.6 Å². The number of amides is 1. The molecule has 0 bridgehead atoms. The van der Waals surface area contributed by atoms with Crippen LogP contribution in [0.25, 0.3) is 16.9 Å². The zero-order valence-electron chi connectivity index (χ0n) is 21.5. The van der Waals surface area contributed by atoms with Gasteiger partial charge >= 0.3 is 0 Å². The number of hydrogen-bond donors (Lipinski definition) is 1. The molecule has 0 spiro atoms. The van der Waals surface area contributed by atoms with Gasteiger partial charge in [-0.05, 0) is 62.7 Å². The van der Waals surface area contributed by atoms with Crippen LogP contribution in [0.15, 0.2) is 42.5 Å². The Morgan fingerprint density at radius 2 is 1.95 bits per heavy atom. The maximum absolute atomic E-state index is 15.6. The van der Waals surface area contributed by atoms with E-state index in [9.17, 15) is 9.18 Å². The molecule has 2 aromatic carbocycles. The molecule has 0 radical (unpaired) electrons. The van der Waals surface area contributed by atoms with Crippen molar-refractivity contribution >= 4 is 11.6 Å². The van der Waals surface area contributed by atoms with Gasteiger partial charge in [-0.15, -0.1) is 0 Å². The minimum Gasteiger partial charge on any atom is -0.380 e. The van der Waals surface area contributed by atoms with Crippen LogP contribution < -0.4 is 10.2 Å². The zero-order valence-corrected chi connectivity index (χ0v) is 21.5. The highest BCUT2D eigenvalue weighted by atomic mass is 19.1. The number of piperidine rings is 1. The van der Waals surface area contributed by atoms with Gasteiger partial charge in [-0.1, -0.05) is 6.07 Å². The van der Waals surface area contributed by atoms with E-state index in [0.717, 1.165) is 31.5 Å². The van der Waals surface area contributed by atoms with Crippen LogP contribution in [0.3, 0.4) is 0 Å². The highest BCUT2D eigenvalue weighted by Crippen LogP contribution is 2.30. The second-order valence-electron chi connectivity index (χ2n) is 9.74. The first-order valence-corrected chi connectivity index (χ1v) is 12.8. The molecule has 3 aromatic rings. The van der Waals surface area contributed by atoms with Crippen LogP contribution in [0, 0.1) is 23.0 Å². The van der Waals surface area contributed by atoms with Crippen LogP contribution >= 0.6 is 0 Å². The fourth-order valence-corrected chi connectivity index (χ4v) is 5.22. The van der Waals surface area contributed by atoms with Gasteiger partial charge in [0.1, 0.15) is 17.6 Å². The first-order valence-electron chi connectivity index (χ1n) is 12.8. The van der Waals surface area contributed by atoms with Gasteiger partial charge in [0.05, 0.1) is 17.4 Å². The van der Waals surface area contributed by atoms with Gasteiger partial charge in [0.2, 0.25) is 0 Å². The molecule has 2 atom stereocenters. The minimum atomic E-state index is -0.698. The lowest BCUT2D eigenvalue weighted by Gasteiger charge is -2.32. The van der Waals surface area contributed by atoms with E-state index < -0.39 is 11.6 Å². The maximum atomic E-state index is 15.6. The van der Waals surface area contributed by atoms with Crippen molar-refractivity contribution < 1.29 is 18.3 Å². The number of benzene rings is 2. The predicted octanol–water partition coefficient (Wildman–Crippen LogP) is 3.74. The van der Waals surface area contributed by atoms with Crippen LogP contribution in [-0.2, 0) is 4.74 Å².